The average molecular weight is 462 g/mol. The first-order valence-corrected chi connectivity index (χ1v) is 11.0. The maximum Gasteiger partial charge on any atom is 0.293 e. The molecule has 0 aliphatic heterocycles. The second-order valence-electron chi connectivity index (χ2n) is 7.16. The van der Waals surface area contributed by atoms with Crippen molar-refractivity contribution in [1.29, 1.82) is 5.26 Å². The first-order valence-electron chi connectivity index (χ1n) is 10.1. The number of hydrogen-bond donors (Lipinski definition) is 0. The Hall–Kier alpha value is -3.87. The van der Waals surface area contributed by atoms with Crippen molar-refractivity contribution < 1.29 is 13.9 Å². The lowest BCUT2D eigenvalue weighted by Crippen LogP contribution is -2.34. The Morgan fingerprint density at radius 3 is 2.70 bits per heavy atom. The summed E-state index contributed by atoms with van der Waals surface area (Å²) in [5, 5.41) is 15.4. The van der Waals surface area contributed by atoms with Crippen LogP contribution in [0.15, 0.2) is 66.0 Å². The first kappa shape index (κ1) is 22.3. The molecule has 1 amide bonds. The summed E-state index contributed by atoms with van der Waals surface area (Å²) in [5.41, 5.74) is 1.88. The average Bonchev–Trinajstić information content (AvgIpc) is 3.52. The van der Waals surface area contributed by atoms with Crippen LogP contribution in [-0.2, 0) is 11.3 Å². The molecule has 0 atom stereocenters. The fraction of sp³-hybridized carbons (Fsp3) is 0.167. The second-order valence-corrected chi connectivity index (χ2v) is 8.10. The summed E-state index contributed by atoms with van der Waals surface area (Å²) in [5.74, 6) is -0.309. The van der Waals surface area contributed by atoms with E-state index in [1.54, 1.807) is 36.3 Å². The van der Waals surface area contributed by atoms with Crippen LogP contribution in [0.1, 0.15) is 21.7 Å². The monoisotopic (exact) mass is 461 g/mol. The van der Waals surface area contributed by atoms with Crippen LogP contribution in [-0.4, -0.2) is 45.8 Å². The van der Waals surface area contributed by atoms with Gasteiger partial charge in [0.15, 0.2) is 5.82 Å². The van der Waals surface area contributed by atoms with Gasteiger partial charge in [0, 0.05) is 20.2 Å². The third kappa shape index (κ3) is 5.14. The third-order valence-electron chi connectivity index (χ3n) is 4.90. The van der Waals surface area contributed by atoms with Gasteiger partial charge in [-0.25, -0.2) is 14.1 Å². The van der Waals surface area contributed by atoms with Crippen LogP contribution in [0.3, 0.4) is 0 Å². The van der Waals surface area contributed by atoms with Gasteiger partial charge in [0.1, 0.15) is 5.82 Å². The zero-order valence-electron chi connectivity index (χ0n) is 17.8. The summed E-state index contributed by atoms with van der Waals surface area (Å²) < 4.78 is 20.6. The van der Waals surface area contributed by atoms with Crippen LogP contribution in [0, 0.1) is 17.1 Å². The van der Waals surface area contributed by atoms with E-state index in [-0.39, 0.29) is 11.7 Å². The minimum Gasteiger partial charge on any atom is -0.383 e. The largest absolute Gasteiger partial charge is 0.383 e. The molecule has 2 aromatic heterocycles. The van der Waals surface area contributed by atoms with Gasteiger partial charge in [-0.1, -0.05) is 24.3 Å². The highest BCUT2D eigenvalue weighted by atomic mass is 32.1. The van der Waals surface area contributed by atoms with Crippen molar-refractivity contribution in [3.8, 4) is 22.5 Å². The Labute approximate surface area is 194 Å². The number of carbonyl (C=O) groups excluding carboxylic acids is 1. The molecule has 0 aliphatic rings. The molecule has 0 aliphatic carbocycles. The topological polar surface area (TPSA) is 84.0 Å². The van der Waals surface area contributed by atoms with Crippen molar-refractivity contribution in [3.05, 3.63) is 88.8 Å². The van der Waals surface area contributed by atoms with Gasteiger partial charge in [-0.05, 0) is 47.3 Å². The van der Waals surface area contributed by atoms with Crippen LogP contribution in [0.5, 0.6) is 0 Å². The fourth-order valence-electron chi connectivity index (χ4n) is 3.26. The van der Waals surface area contributed by atoms with Crippen LogP contribution in [0.2, 0.25) is 0 Å². The molecular weight excluding hydrogens is 441 g/mol. The number of aromatic nitrogens is 3. The molecule has 0 bridgehead atoms. The number of nitriles is 1. The van der Waals surface area contributed by atoms with Crippen molar-refractivity contribution >= 4 is 17.2 Å². The van der Waals surface area contributed by atoms with Crippen molar-refractivity contribution in [2.24, 2.45) is 0 Å². The van der Waals surface area contributed by atoms with Crippen molar-refractivity contribution in [3.63, 3.8) is 0 Å². The predicted octanol–water partition coefficient (Wildman–Crippen LogP) is 4.30. The SMILES string of the molecule is COCCN(Cc1ccc(C#N)cc1)C(=O)c1nc(-c2cccs2)n(-c2cccc(F)c2)n1. The number of hydrogen-bond acceptors (Lipinski definition) is 6. The number of ether oxygens (including phenoxy) is 1. The van der Waals surface area contributed by atoms with Gasteiger partial charge < -0.3 is 9.64 Å². The minimum absolute atomic E-state index is 0.00686. The van der Waals surface area contributed by atoms with Crippen LogP contribution < -0.4 is 0 Å². The number of methoxy groups -OCH3 is 1. The maximum absolute atomic E-state index is 13.9. The molecule has 0 fully saturated rings. The molecule has 7 nitrogen and oxygen atoms in total. The number of halogens is 1. The molecule has 166 valence electrons. The van der Waals surface area contributed by atoms with E-state index in [9.17, 15) is 9.18 Å². The molecule has 33 heavy (non-hydrogen) atoms. The van der Waals surface area contributed by atoms with Gasteiger partial charge in [-0.2, -0.15) is 5.26 Å². The first-order chi connectivity index (χ1) is 16.1. The number of thiophene rings is 1. The van der Waals surface area contributed by atoms with E-state index in [1.807, 2.05) is 29.6 Å². The Kier molecular flexibility index (Phi) is 6.88. The van der Waals surface area contributed by atoms with E-state index in [2.05, 4.69) is 16.2 Å². The normalized spacial score (nSPS) is 10.7. The van der Waals surface area contributed by atoms with Crippen molar-refractivity contribution in [1.82, 2.24) is 19.7 Å². The molecule has 0 saturated carbocycles. The second kappa shape index (κ2) is 10.2. The van der Waals surface area contributed by atoms with E-state index >= 15 is 0 Å². The van der Waals surface area contributed by atoms with E-state index in [4.69, 9.17) is 10.00 Å². The molecular formula is C24H20FN5O2S. The van der Waals surface area contributed by atoms with E-state index < -0.39 is 5.82 Å². The third-order valence-corrected chi connectivity index (χ3v) is 5.77. The molecule has 4 aromatic rings. The molecule has 0 unspecified atom stereocenters. The molecule has 2 aromatic carbocycles. The highest BCUT2D eigenvalue weighted by Crippen LogP contribution is 2.26. The quantitative estimate of drug-likeness (QED) is 0.391. The highest BCUT2D eigenvalue weighted by molar-refractivity contribution is 7.13. The Balaban J connectivity index is 1.69. The van der Waals surface area contributed by atoms with E-state index in [1.165, 1.54) is 28.2 Å². The maximum atomic E-state index is 13.9. The molecule has 0 N–H and O–H groups in total. The number of amides is 1. The van der Waals surface area contributed by atoms with Crippen LogP contribution in [0.4, 0.5) is 4.39 Å². The van der Waals surface area contributed by atoms with Gasteiger partial charge in [0.05, 0.1) is 28.8 Å². The summed E-state index contributed by atoms with van der Waals surface area (Å²) >= 11 is 1.45. The summed E-state index contributed by atoms with van der Waals surface area (Å²) in [6.45, 7) is 0.972. The van der Waals surface area contributed by atoms with Gasteiger partial charge >= 0.3 is 0 Å². The van der Waals surface area contributed by atoms with E-state index in [0.29, 0.717) is 36.8 Å². The Morgan fingerprint density at radius 2 is 2.03 bits per heavy atom. The summed E-state index contributed by atoms with van der Waals surface area (Å²) in [6.07, 6.45) is 0. The zero-order chi connectivity index (χ0) is 23.2. The molecule has 2 heterocycles. The Morgan fingerprint density at radius 1 is 1.21 bits per heavy atom. The van der Waals surface area contributed by atoms with Crippen LogP contribution >= 0.6 is 11.3 Å². The minimum atomic E-state index is -0.407. The van der Waals surface area contributed by atoms with E-state index in [0.717, 1.165) is 10.4 Å². The number of benzene rings is 2. The smallest absolute Gasteiger partial charge is 0.293 e. The van der Waals surface area contributed by atoms with Crippen molar-refractivity contribution in [2.75, 3.05) is 20.3 Å². The summed E-state index contributed by atoms with van der Waals surface area (Å²) in [4.78, 5) is 20.3. The standard InChI is InChI=1S/C24H20FN5O2S/c1-32-12-11-29(16-18-9-7-17(15-26)8-10-18)24(31)22-27-23(21-6-3-13-33-21)30(28-22)20-5-2-4-19(25)14-20/h2-10,13-14H,11-12,16H2,1H3. The summed E-state index contributed by atoms with van der Waals surface area (Å²) in [7, 11) is 1.57. The number of nitrogens with zero attached hydrogens (tertiary/aromatic N) is 5. The fourth-order valence-corrected chi connectivity index (χ4v) is 3.95. The molecule has 4 rings (SSSR count). The molecule has 9 heteroatoms. The predicted molar refractivity (Wildman–Crippen MR) is 122 cm³/mol. The number of carbonyl (C=O) groups is 1. The van der Waals surface area contributed by atoms with Crippen molar-refractivity contribution in [2.45, 2.75) is 6.54 Å². The van der Waals surface area contributed by atoms with Gasteiger partial charge in [0.25, 0.3) is 5.91 Å². The lowest BCUT2D eigenvalue weighted by atomic mass is 10.1. The number of rotatable bonds is 8. The lowest BCUT2D eigenvalue weighted by Gasteiger charge is -2.21. The Bertz CT molecular complexity index is 1280. The summed E-state index contributed by atoms with van der Waals surface area (Å²) in [6, 6.07) is 18.9. The highest BCUT2D eigenvalue weighted by Gasteiger charge is 2.24. The van der Waals surface area contributed by atoms with Gasteiger partial charge in [0.2, 0.25) is 5.82 Å². The lowest BCUT2D eigenvalue weighted by molar-refractivity contribution is 0.0668. The van der Waals surface area contributed by atoms with Crippen LogP contribution in [0.25, 0.3) is 16.4 Å². The van der Waals surface area contributed by atoms with Gasteiger partial charge in [-0.3, -0.25) is 4.79 Å². The molecule has 0 spiro atoms. The van der Waals surface area contributed by atoms with Gasteiger partial charge in [-0.15, -0.1) is 16.4 Å². The zero-order valence-corrected chi connectivity index (χ0v) is 18.6. The molecule has 0 radical (unpaired) electrons. The molecule has 0 saturated heterocycles.